The summed E-state index contributed by atoms with van der Waals surface area (Å²) in [4.78, 5) is 11.5. The average Bonchev–Trinajstić information content (AvgIpc) is 3.01. The predicted molar refractivity (Wildman–Crippen MR) is 80.9 cm³/mol. The fourth-order valence-electron chi connectivity index (χ4n) is 2.49. The summed E-state index contributed by atoms with van der Waals surface area (Å²) < 4.78 is 7.64. The third-order valence-electron chi connectivity index (χ3n) is 3.42. The molecule has 0 aliphatic heterocycles. The SMILES string of the molecule is CNC(=O)Cc1cc2c(ccc3cnn(C[C@H](C)N)c32)o1. The van der Waals surface area contributed by atoms with Gasteiger partial charge < -0.3 is 15.5 Å². The van der Waals surface area contributed by atoms with Gasteiger partial charge >= 0.3 is 0 Å². The van der Waals surface area contributed by atoms with Crippen molar-refractivity contribution in [3.05, 3.63) is 30.2 Å². The fourth-order valence-corrected chi connectivity index (χ4v) is 2.49. The number of carbonyl (C=O) groups excluding carboxylic acids is 1. The maximum Gasteiger partial charge on any atom is 0.227 e. The second-order valence-electron chi connectivity index (χ2n) is 5.28. The number of amides is 1. The first-order valence-corrected chi connectivity index (χ1v) is 6.91. The number of nitrogens with zero attached hydrogens (tertiary/aromatic N) is 2. The summed E-state index contributed by atoms with van der Waals surface area (Å²) in [5, 5.41) is 8.98. The maximum absolute atomic E-state index is 11.5. The molecule has 3 aromatic rings. The molecule has 1 amide bonds. The Morgan fingerprint density at radius 3 is 3.05 bits per heavy atom. The number of likely N-dealkylation sites (N-methyl/N-ethyl adjacent to an activating group) is 1. The minimum Gasteiger partial charge on any atom is -0.460 e. The molecule has 0 aliphatic carbocycles. The van der Waals surface area contributed by atoms with E-state index in [2.05, 4.69) is 10.4 Å². The molecule has 3 rings (SSSR count). The quantitative estimate of drug-likeness (QED) is 0.759. The van der Waals surface area contributed by atoms with Gasteiger partial charge in [0, 0.05) is 23.9 Å². The maximum atomic E-state index is 11.5. The van der Waals surface area contributed by atoms with Crippen LogP contribution in [0.3, 0.4) is 0 Å². The highest BCUT2D eigenvalue weighted by molar-refractivity contribution is 6.04. The van der Waals surface area contributed by atoms with Crippen LogP contribution in [0.2, 0.25) is 0 Å². The highest BCUT2D eigenvalue weighted by atomic mass is 16.3. The normalized spacial score (nSPS) is 12.9. The number of aromatic nitrogens is 2. The number of hydrogen-bond donors (Lipinski definition) is 2. The van der Waals surface area contributed by atoms with Gasteiger partial charge in [-0.15, -0.1) is 0 Å². The van der Waals surface area contributed by atoms with Crippen LogP contribution in [0.1, 0.15) is 12.7 Å². The molecule has 0 saturated heterocycles. The van der Waals surface area contributed by atoms with Crippen molar-refractivity contribution in [3.63, 3.8) is 0 Å². The highest BCUT2D eigenvalue weighted by Gasteiger charge is 2.14. The number of fused-ring (bicyclic) bond motifs is 3. The summed E-state index contributed by atoms with van der Waals surface area (Å²) >= 11 is 0. The molecule has 3 N–H and O–H groups in total. The summed E-state index contributed by atoms with van der Waals surface area (Å²) in [5.74, 6) is 0.569. The van der Waals surface area contributed by atoms with E-state index in [1.165, 1.54) is 0 Å². The van der Waals surface area contributed by atoms with E-state index in [0.29, 0.717) is 12.3 Å². The summed E-state index contributed by atoms with van der Waals surface area (Å²) in [7, 11) is 1.61. The minimum absolute atomic E-state index is 0.0144. The van der Waals surface area contributed by atoms with Crippen molar-refractivity contribution in [1.29, 1.82) is 0 Å². The molecule has 0 unspecified atom stereocenters. The smallest absolute Gasteiger partial charge is 0.227 e. The van der Waals surface area contributed by atoms with Crippen LogP contribution in [0.25, 0.3) is 21.9 Å². The van der Waals surface area contributed by atoms with Crippen molar-refractivity contribution in [2.75, 3.05) is 7.05 Å². The molecular formula is C15H18N4O2. The van der Waals surface area contributed by atoms with E-state index >= 15 is 0 Å². The highest BCUT2D eigenvalue weighted by Crippen LogP contribution is 2.28. The molecule has 6 heteroatoms. The van der Waals surface area contributed by atoms with E-state index in [0.717, 1.165) is 21.9 Å². The first kappa shape index (κ1) is 13.6. The van der Waals surface area contributed by atoms with Crippen molar-refractivity contribution in [3.8, 4) is 0 Å². The van der Waals surface area contributed by atoms with Crippen LogP contribution in [0, 0.1) is 0 Å². The summed E-state index contributed by atoms with van der Waals surface area (Å²) in [6.45, 7) is 2.58. The molecule has 6 nitrogen and oxygen atoms in total. The van der Waals surface area contributed by atoms with Gasteiger partial charge in [-0.05, 0) is 25.1 Å². The molecule has 0 bridgehead atoms. The molecule has 2 heterocycles. The van der Waals surface area contributed by atoms with Crippen molar-refractivity contribution in [1.82, 2.24) is 15.1 Å². The lowest BCUT2D eigenvalue weighted by Gasteiger charge is -2.06. The topological polar surface area (TPSA) is 86.1 Å². The Morgan fingerprint density at radius 2 is 2.33 bits per heavy atom. The van der Waals surface area contributed by atoms with Gasteiger partial charge in [-0.1, -0.05) is 0 Å². The molecule has 0 radical (unpaired) electrons. The number of benzene rings is 1. The number of nitrogens with one attached hydrogen (secondary N) is 1. The van der Waals surface area contributed by atoms with Crippen molar-refractivity contribution >= 4 is 27.8 Å². The first-order chi connectivity index (χ1) is 10.1. The molecule has 0 fully saturated rings. The van der Waals surface area contributed by atoms with E-state index in [4.69, 9.17) is 10.2 Å². The summed E-state index contributed by atoms with van der Waals surface area (Å²) in [6, 6.07) is 5.80. The van der Waals surface area contributed by atoms with Gasteiger partial charge in [0.05, 0.1) is 24.7 Å². The summed E-state index contributed by atoms with van der Waals surface area (Å²) in [5.41, 5.74) is 7.62. The zero-order valence-corrected chi connectivity index (χ0v) is 12.1. The number of nitrogens with two attached hydrogens (primary N) is 1. The molecule has 0 saturated carbocycles. The van der Waals surface area contributed by atoms with Gasteiger partial charge in [0.1, 0.15) is 11.3 Å². The van der Waals surface area contributed by atoms with E-state index in [9.17, 15) is 4.79 Å². The Balaban J connectivity index is 2.12. The fraction of sp³-hybridized carbons (Fsp3) is 0.333. The van der Waals surface area contributed by atoms with Crippen LogP contribution in [0.15, 0.2) is 28.8 Å². The third-order valence-corrected chi connectivity index (χ3v) is 3.42. The second-order valence-corrected chi connectivity index (χ2v) is 5.28. The van der Waals surface area contributed by atoms with E-state index in [-0.39, 0.29) is 18.4 Å². The number of furan rings is 1. The molecule has 110 valence electrons. The van der Waals surface area contributed by atoms with Gasteiger partial charge in [-0.2, -0.15) is 5.10 Å². The number of rotatable bonds is 4. The zero-order valence-electron chi connectivity index (χ0n) is 12.1. The molecule has 21 heavy (non-hydrogen) atoms. The monoisotopic (exact) mass is 286 g/mol. The average molecular weight is 286 g/mol. The molecule has 1 aromatic carbocycles. The Labute approximate surface area is 121 Å². The van der Waals surface area contributed by atoms with Gasteiger partial charge in [0.25, 0.3) is 0 Å². The van der Waals surface area contributed by atoms with Crippen LogP contribution in [0.5, 0.6) is 0 Å². The van der Waals surface area contributed by atoms with Crippen LogP contribution < -0.4 is 11.1 Å². The molecule has 0 spiro atoms. The Morgan fingerprint density at radius 1 is 1.52 bits per heavy atom. The lowest BCUT2D eigenvalue weighted by Crippen LogP contribution is -2.22. The lowest BCUT2D eigenvalue weighted by molar-refractivity contribution is -0.120. The Bertz CT molecular complexity index is 801. The minimum atomic E-state index is -0.0746. The van der Waals surface area contributed by atoms with Crippen molar-refractivity contribution in [2.45, 2.75) is 25.9 Å². The first-order valence-electron chi connectivity index (χ1n) is 6.91. The van der Waals surface area contributed by atoms with Crippen LogP contribution in [-0.2, 0) is 17.8 Å². The molecular weight excluding hydrogens is 268 g/mol. The van der Waals surface area contributed by atoms with E-state index < -0.39 is 0 Å². The van der Waals surface area contributed by atoms with Crippen LogP contribution in [0.4, 0.5) is 0 Å². The number of carbonyl (C=O) groups is 1. The molecule has 0 aliphatic rings. The summed E-state index contributed by atoms with van der Waals surface area (Å²) in [6.07, 6.45) is 2.05. The lowest BCUT2D eigenvalue weighted by atomic mass is 10.1. The van der Waals surface area contributed by atoms with E-state index in [1.807, 2.05) is 36.0 Å². The largest absolute Gasteiger partial charge is 0.460 e. The second kappa shape index (κ2) is 5.21. The number of hydrogen-bond acceptors (Lipinski definition) is 4. The standard InChI is InChI=1S/C15H18N4O2/c1-9(16)8-19-15-10(7-18-19)3-4-13-12(15)5-11(21-13)6-14(20)17-2/h3-5,7,9H,6,8,16H2,1-2H3,(H,17,20)/t9-/m0/s1. The van der Waals surface area contributed by atoms with Gasteiger partial charge in [-0.3, -0.25) is 9.48 Å². The van der Waals surface area contributed by atoms with Gasteiger partial charge in [-0.25, -0.2) is 0 Å². The van der Waals surface area contributed by atoms with E-state index in [1.54, 1.807) is 7.05 Å². The van der Waals surface area contributed by atoms with Crippen LogP contribution >= 0.6 is 0 Å². The van der Waals surface area contributed by atoms with Crippen LogP contribution in [-0.4, -0.2) is 28.8 Å². The third kappa shape index (κ3) is 2.50. The van der Waals surface area contributed by atoms with Crippen molar-refractivity contribution < 1.29 is 9.21 Å². The Hall–Kier alpha value is -2.34. The predicted octanol–water partition coefficient (Wildman–Crippen LogP) is 1.42. The molecule has 2 aromatic heterocycles. The van der Waals surface area contributed by atoms with Crippen molar-refractivity contribution in [2.24, 2.45) is 5.73 Å². The zero-order chi connectivity index (χ0) is 15.0. The molecule has 1 atom stereocenters. The van der Waals surface area contributed by atoms with Gasteiger partial charge in [0.15, 0.2) is 0 Å². The Kier molecular flexibility index (Phi) is 3.39. The van der Waals surface area contributed by atoms with Gasteiger partial charge in [0.2, 0.25) is 5.91 Å².